The van der Waals surface area contributed by atoms with Crippen molar-refractivity contribution in [2.45, 2.75) is 26.4 Å². The number of nitrogens with zero attached hydrogens (tertiary/aromatic N) is 1. The molecule has 1 aromatic heterocycles. The summed E-state index contributed by atoms with van der Waals surface area (Å²) in [7, 11) is 0. The van der Waals surface area contributed by atoms with E-state index in [0.717, 1.165) is 11.1 Å². The minimum absolute atomic E-state index is 0.460. The Morgan fingerprint density at radius 3 is 2.65 bits per heavy atom. The summed E-state index contributed by atoms with van der Waals surface area (Å²) in [6, 6.07) is 9.97. The number of rotatable bonds is 3. The highest BCUT2D eigenvalue weighted by Crippen LogP contribution is 2.20. The first-order chi connectivity index (χ1) is 8.16. The normalized spacial score (nSPS) is 12.4. The second-order valence-corrected chi connectivity index (χ2v) is 4.42. The minimum atomic E-state index is -0.460. The maximum Gasteiger partial charge on any atom is 0.0831 e. The first-order valence-corrected chi connectivity index (χ1v) is 5.81. The van der Waals surface area contributed by atoms with Gasteiger partial charge in [-0.25, -0.2) is 0 Å². The number of aryl methyl sites for hydroxylation is 2. The lowest BCUT2D eigenvalue weighted by Crippen LogP contribution is -2.02. The zero-order valence-corrected chi connectivity index (χ0v) is 10.2. The molecule has 1 atom stereocenters. The Kier molecular flexibility index (Phi) is 3.55. The first kappa shape index (κ1) is 11.8. The van der Waals surface area contributed by atoms with Gasteiger partial charge in [-0.15, -0.1) is 0 Å². The molecule has 2 heteroatoms. The zero-order valence-electron chi connectivity index (χ0n) is 10.2. The summed E-state index contributed by atoms with van der Waals surface area (Å²) in [6.45, 7) is 4.14. The van der Waals surface area contributed by atoms with Gasteiger partial charge in [0.05, 0.1) is 6.10 Å². The highest BCUT2D eigenvalue weighted by atomic mass is 16.3. The fourth-order valence-corrected chi connectivity index (χ4v) is 1.83. The van der Waals surface area contributed by atoms with Gasteiger partial charge in [-0.05, 0) is 42.2 Å². The van der Waals surface area contributed by atoms with Gasteiger partial charge in [0.1, 0.15) is 0 Å². The highest BCUT2D eigenvalue weighted by molar-refractivity contribution is 5.31. The van der Waals surface area contributed by atoms with Gasteiger partial charge in [0.15, 0.2) is 0 Å². The van der Waals surface area contributed by atoms with Gasteiger partial charge in [-0.3, -0.25) is 4.98 Å². The van der Waals surface area contributed by atoms with Gasteiger partial charge in [0.2, 0.25) is 0 Å². The van der Waals surface area contributed by atoms with Crippen LogP contribution in [0.25, 0.3) is 0 Å². The quantitative estimate of drug-likeness (QED) is 0.874. The summed E-state index contributed by atoms with van der Waals surface area (Å²) in [6.07, 6.45) is 3.69. The SMILES string of the molecule is Cc1ccc(C(O)Cc2cccnc2)cc1C. The second kappa shape index (κ2) is 5.11. The summed E-state index contributed by atoms with van der Waals surface area (Å²) in [5, 5.41) is 10.2. The van der Waals surface area contributed by atoms with Crippen LogP contribution in [0.2, 0.25) is 0 Å². The van der Waals surface area contributed by atoms with E-state index in [1.165, 1.54) is 11.1 Å². The van der Waals surface area contributed by atoms with Crippen molar-refractivity contribution in [1.82, 2.24) is 4.98 Å². The molecule has 0 spiro atoms. The van der Waals surface area contributed by atoms with Gasteiger partial charge < -0.3 is 5.11 Å². The molecule has 0 aliphatic carbocycles. The molecular formula is C15H17NO. The number of pyridine rings is 1. The van der Waals surface area contributed by atoms with Crippen LogP contribution in [-0.2, 0) is 6.42 Å². The molecular weight excluding hydrogens is 210 g/mol. The van der Waals surface area contributed by atoms with Gasteiger partial charge >= 0.3 is 0 Å². The highest BCUT2D eigenvalue weighted by Gasteiger charge is 2.09. The predicted octanol–water partition coefficient (Wildman–Crippen LogP) is 2.97. The lowest BCUT2D eigenvalue weighted by atomic mass is 9.99. The summed E-state index contributed by atoms with van der Waals surface area (Å²) in [5.41, 5.74) is 4.49. The van der Waals surface area contributed by atoms with E-state index in [2.05, 4.69) is 31.0 Å². The van der Waals surface area contributed by atoms with Gasteiger partial charge in [0.25, 0.3) is 0 Å². The molecule has 2 nitrogen and oxygen atoms in total. The van der Waals surface area contributed by atoms with E-state index in [1.807, 2.05) is 18.2 Å². The molecule has 1 heterocycles. The maximum atomic E-state index is 10.2. The van der Waals surface area contributed by atoms with E-state index in [1.54, 1.807) is 12.4 Å². The molecule has 1 N–H and O–H groups in total. The van der Waals surface area contributed by atoms with Crippen molar-refractivity contribution in [2.75, 3.05) is 0 Å². The molecule has 1 aromatic carbocycles. The number of benzene rings is 1. The van der Waals surface area contributed by atoms with Crippen LogP contribution >= 0.6 is 0 Å². The summed E-state index contributed by atoms with van der Waals surface area (Å²) < 4.78 is 0. The van der Waals surface area contributed by atoms with E-state index in [9.17, 15) is 5.11 Å². The lowest BCUT2D eigenvalue weighted by molar-refractivity contribution is 0.178. The average Bonchev–Trinajstić information content (AvgIpc) is 2.34. The number of aliphatic hydroxyl groups excluding tert-OH is 1. The monoisotopic (exact) mass is 227 g/mol. The summed E-state index contributed by atoms with van der Waals surface area (Å²) in [5.74, 6) is 0. The van der Waals surface area contributed by atoms with E-state index in [0.29, 0.717) is 6.42 Å². The van der Waals surface area contributed by atoms with Crippen molar-refractivity contribution >= 4 is 0 Å². The van der Waals surface area contributed by atoms with Crippen molar-refractivity contribution in [3.05, 3.63) is 65.0 Å². The number of hydrogen-bond acceptors (Lipinski definition) is 2. The van der Waals surface area contributed by atoms with Crippen LogP contribution in [-0.4, -0.2) is 10.1 Å². The fraction of sp³-hybridized carbons (Fsp3) is 0.267. The zero-order chi connectivity index (χ0) is 12.3. The van der Waals surface area contributed by atoms with Crippen LogP contribution in [0.3, 0.4) is 0 Å². The fourth-order valence-electron chi connectivity index (χ4n) is 1.83. The van der Waals surface area contributed by atoms with Gasteiger partial charge in [-0.2, -0.15) is 0 Å². The van der Waals surface area contributed by atoms with Crippen molar-refractivity contribution < 1.29 is 5.11 Å². The third-order valence-corrected chi connectivity index (χ3v) is 3.07. The Hall–Kier alpha value is -1.67. The molecule has 88 valence electrons. The molecule has 0 aliphatic heterocycles. The second-order valence-electron chi connectivity index (χ2n) is 4.42. The molecule has 1 unspecified atom stereocenters. The Labute approximate surface area is 102 Å². The van der Waals surface area contributed by atoms with E-state index in [4.69, 9.17) is 0 Å². The van der Waals surface area contributed by atoms with Crippen LogP contribution in [0.4, 0.5) is 0 Å². The molecule has 0 saturated heterocycles. The summed E-state index contributed by atoms with van der Waals surface area (Å²) >= 11 is 0. The molecule has 0 amide bonds. The van der Waals surface area contributed by atoms with Gasteiger partial charge in [-0.1, -0.05) is 24.3 Å². The van der Waals surface area contributed by atoms with Crippen LogP contribution in [0.15, 0.2) is 42.7 Å². The predicted molar refractivity (Wildman–Crippen MR) is 68.8 cm³/mol. The molecule has 17 heavy (non-hydrogen) atoms. The Morgan fingerprint density at radius 1 is 1.18 bits per heavy atom. The van der Waals surface area contributed by atoms with Crippen molar-refractivity contribution in [3.8, 4) is 0 Å². The minimum Gasteiger partial charge on any atom is -0.388 e. The van der Waals surface area contributed by atoms with Gasteiger partial charge in [0, 0.05) is 18.8 Å². The molecule has 0 fully saturated rings. The van der Waals surface area contributed by atoms with E-state index >= 15 is 0 Å². The smallest absolute Gasteiger partial charge is 0.0831 e. The number of aromatic nitrogens is 1. The molecule has 2 aromatic rings. The Balaban J connectivity index is 2.14. The Bertz CT molecular complexity index is 494. The van der Waals surface area contributed by atoms with E-state index in [-0.39, 0.29) is 0 Å². The van der Waals surface area contributed by atoms with Crippen LogP contribution in [0.1, 0.15) is 28.4 Å². The van der Waals surface area contributed by atoms with Crippen molar-refractivity contribution in [3.63, 3.8) is 0 Å². The number of aliphatic hydroxyl groups is 1. The number of hydrogen-bond donors (Lipinski definition) is 1. The standard InChI is InChI=1S/C15H17NO/c1-11-5-6-14(8-12(11)2)15(17)9-13-4-3-7-16-10-13/h3-8,10,15,17H,9H2,1-2H3. The average molecular weight is 227 g/mol. The molecule has 2 rings (SSSR count). The van der Waals surface area contributed by atoms with Crippen molar-refractivity contribution in [1.29, 1.82) is 0 Å². The Morgan fingerprint density at radius 2 is 2.00 bits per heavy atom. The van der Waals surface area contributed by atoms with E-state index < -0.39 is 6.10 Å². The summed E-state index contributed by atoms with van der Waals surface area (Å²) in [4.78, 5) is 4.05. The van der Waals surface area contributed by atoms with Crippen LogP contribution < -0.4 is 0 Å². The van der Waals surface area contributed by atoms with Crippen molar-refractivity contribution in [2.24, 2.45) is 0 Å². The topological polar surface area (TPSA) is 33.1 Å². The molecule has 0 saturated carbocycles. The molecule has 0 aliphatic rings. The third-order valence-electron chi connectivity index (χ3n) is 3.07. The molecule has 0 radical (unpaired) electrons. The van der Waals surface area contributed by atoms with Crippen LogP contribution in [0, 0.1) is 13.8 Å². The maximum absolute atomic E-state index is 10.2. The third kappa shape index (κ3) is 2.92. The lowest BCUT2D eigenvalue weighted by Gasteiger charge is -2.12. The molecule has 0 bridgehead atoms. The van der Waals surface area contributed by atoms with Crippen LogP contribution in [0.5, 0.6) is 0 Å². The largest absolute Gasteiger partial charge is 0.388 e. The first-order valence-electron chi connectivity index (χ1n) is 5.81.